The molecular weight excluding hydrogens is 200 g/mol. The molecule has 0 spiro atoms. The Morgan fingerprint density at radius 3 is 2.81 bits per heavy atom. The lowest BCUT2D eigenvalue weighted by molar-refractivity contribution is 0.553. The van der Waals surface area contributed by atoms with Gasteiger partial charge in [-0.25, -0.2) is 0 Å². The second-order valence-corrected chi connectivity index (χ2v) is 3.55. The summed E-state index contributed by atoms with van der Waals surface area (Å²) >= 11 is 0. The minimum absolute atomic E-state index is 0.177. The maximum absolute atomic E-state index is 4.25. The summed E-state index contributed by atoms with van der Waals surface area (Å²) in [7, 11) is 0. The van der Waals surface area contributed by atoms with Gasteiger partial charge in [0.1, 0.15) is 0 Å². The van der Waals surface area contributed by atoms with E-state index in [0.717, 1.165) is 17.9 Å². The van der Waals surface area contributed by atoms with E-state index in [9.17, 15) is 0 Å². The van der Waals surface area contributed by atoms with E-state index >= 15 is 0 Å². The van der Waals surface area contributed by atoms with Crippen LogP contribution >= 0.6 is 0 Å². The highest BCUT2D eigenvalue weighted by Gasteiger charge is 2.05. The van der Waals surface area contributed by atoms with Gasteiger partial charge in [0.15, 0.2) is 0 Å². The van der Waals surface area contributed by atoms with Gasteiger partial charge in [0.05, 0.1) is 11.4 Å². The van der Waals surface area contributed by atoms with E-state index in [2.05, 4.69) is 27.2 Å². The number of hydrogen-bond donors (Lipinski definition) is 1. The van der Waals surface area contributed by atoms with Gasteiger partial charge < -0.3 is 5.32 Å². The van der Waals surface area contributed by atoms with E-state index in [0.29, 0.717) is 0 Å². The van der Waals surface area contributed by atoms with Crippen LogP contribution in [0.3, 0.4) is 0 Å². The van der Waals surface area contributed by atoms with Crippen LogP contribution in [-0.2, 0) is 6.54 Å². The van der Waals surface area contributed by atoms with Crippen molar-refractivity contribution in [1.29, 1.82) is 0 Å². The highest BCUT2D eigenvalue weighted by atomic mass is 15.0. The maximum Gasteiger partial charge on any atom is 0.0753 e. The molecule has 2 heterocycles. The summed E-state index contributed by atoms with van der Waals surface area (Å²) in [5.41, 5.74) is 1.97. The summed E-state index contributed by atoms with van der Waals surface area (Å²) in [6.45, 7) is 2.80. The normalized spacial score (nSPS) is 12.3. The van der Waals surface area contributed by atoms with Crippen LogP contribution in [0, 0.1) is 0 Å². The van der Waals surface area contributed by atoms with Crippen molar-refractivity contribution in [3.8, 4) is 0 Å². The Kier molecular flexibility index (Phi) is 3.56. The van der Waals surface area contributed by atoms with Crippen molar-refractivity contribution >= 4 is 0 Å². The first kappa shape index (κ1) is 10.7. The smallest absolute Gasteiger partial charge is 0.0753 e. The summed E-state index contributed by atoms with van der Waals surface area (Å²) in [4.78, 5) is 12.5. The van der Waals surface area contributed by atoms with Gasteiger partial charge in [0, 0.05) is 37.4 Å². The van der Waals surface area contributed by atoms with Crippen molar-refractivity contribution in [3.05, 3.63) is 54.4 Å². The zero-order valence-electron chi connectivity index (χ0n) is 9.17. The molecule has 16 heavy (non-hydrogen) atoms. The summed E-state index contributed by atoms with van der Waals surface area (Å²) < 4.78 is 0. The van der Waals surface area contributed by atoms with Crippen LogP contribution in [0.15, 0.2) is 43.0 Å². The molecule has 0 aliphatic heterocycles. The molecular formula is C12H14N4. The number of rotatable bonds is 4. The fourth-order valence-electron chi connectivity index (χ4n) is 1.40. The number of nitrogens with one attached hydrogen (secondary N) is 1. The van der Waals surface area contributed by atoms with Crippen molar-refractivity contribution in [1.82, 2.24) is 20.3 Å². The molecule has 2 rings (SSSR count). The molecule has 0 fully saturated rings. The third-order valence-corrected chi connectivity index (χ3v) is 2.34. The molecule has 4 nitrogen and oxygen atoms in total. The molecule has 0 radical (unpaired) electrons. The van der Waals surface area contributed by atoms with Crippen LogP contribution in [0.1, 0.15) is 24.4 Å². The molecule has 0 saturated carbocycles. The number of aromatic nitrogens is 3. The first-order valence-corrected chi connectivity index (χ1v) is 5.25. The highest BCUT2D eigenvalue weighted by molar-refractivity contribution is 5.05. The van der Waals surface area contributed by atoms with Gasteiger partial charge in [-0.1, -0.05) is 6.07 Å². The molecule has 1 unspecified atom stereocenters. The first-order chi connectivity index (χ1) is 7.86. The fraction of sp³-hybridized carbons (Fsp3) is 0.250. The molecule has 2 aromatic heterocycles. The molecule has 0 saturated heterocycles. The molecule has 0 aliphatic rings. The minimum Gasteiger partial charge on any atom is -0.303 e. The van der Waals surface area contributed by atoms with Crippen LogP contribution in [0.5, 0.6) is 0 Å². The van der Waals surface area contributed by atoms with Crippen molar-refractivity contribution in [2.24, 2.45) is 0 Å². The Morgan fingerprint density at radius 2 is 2.12 bits per heavy atom. The van der Waals surface area contributed by atoms with E-state index < -0.39 is 0 Å². The molecule has 1 N–H and O–H groups in total. The third-order valence-electron chi connectivity index (χ3n) is 2.34. The molecule has 2 aromatic rings. The molecule has 1 atom stereocenters. The fourth-order valence-corrected chi connectivity index (χ4v) is 1.40. The zero-order valence-corrected chi connectivity index (χ0v) is 9.17. The molecule has 0 aliphatic carbocycles. The van der Waals surface area contributed by atoms with E-state index in [4.69, 9.17) is 0 Å². The van der Waals surface area contributed by atoms with Crippen LogP contribution < -0.4 is 5.32 Å². The Hall–Kier alpha value is -1.81. The van der Waals surface area contributed by atoms with Crippen LogP contribution in [-0.4, -0.2) is 15.0 Å². The van der Waals surface area contributed by atoms with E-state index in [1.54, 1.807) is 24.8 Å². The monoisotopic (exact) mass is 214 g/mol. The third kappa shape index (κ3) is 2.84. The van der Waals surface area contributed by atoms with Crippen molar-refractivity contribution in [2.45, 2.75) is 19.5 Å². The quantitative estimate of drug-likeness (QED) is 0.842. The van der Waals surface area contributed by atoms with Gasteiger partial charge in [-0.3, -0.25) is 15.0 Å². The number of nitrogens with zero attached hydrogens (tertiary/aromatic N) is 3. The van der Waals surface area contributed by atoms with Crippen LogP contribution in [0.25, 0.3) is 0 Å². The lowest BCUT2D eigenvalue weighted by atomic mass is 10.2. The number of hydrogen-bond acceptors (Lipinski definition) is 4. The zero-order chi connectivity index (χ0) is 11.2. The lowest BCUT2D eigenvalue weighted by Crippen LogP contribution is -2.19. The van der Waals surface area contributed by atoms with Gasteiger partial charge in [-0.2, -0.15) is 0 Å². The van der Waals surface area contributed by atoms with E-state index in [-0.39, 0.29) is 6.04 Å². The SMILES string of the molecule is CC(NCc1ccccn1)c1cnccn1. The average Bonchev–Trinajstić information content (AvgIpc) is 2.38. The molecule has 0 aromatic carbocycles. The lowest BCUT2D eigenvalue weighted by Gasteiger charge is -2.11. The first-order valence-electron chi connectivity index (χ1n) is 5.25. The Morgan fingerprint density at radius 1 is 1.19 bits per heavy atom. The summed E-state index contributed by atoms with van der Waals surface area (Å²) in [5, 5.41) is 3.35. The Balaban J connectivity index is 1.92. The van der Waals surface area contributed by atoms with Crippen molar-refractivity contribution in [2.75, 3.05) is 0 Å². The summed E-state index contributed by atoms with van der Waals surface area (Å²) in [5.74, 6) is 0. The number of pyridine rings is 1. The summed E-state index contributed by atoms with van der Waals surface area (Å²) in [6, 6.07) is 6.07. The molecule has 4 heteroatoms. The van der Waals surface area contributed by atoms with Gasteiger partial charge in [-0.15, -0.1) is 0 Å². The molecule has 0 bridgehead atoms. The molecule has 0 amide bonds. The summed E-state index contributed by atoms with van der Waals surface area (Å²) in [6.07, 6.45) is 6.95. The molecule has 82 valence electrons. The van der Waals surface area contributed by atoms with E-state index in [1.165, 1.54) is 0 Å². The largest absolute Gasteiger partial charge is 0.303 e. The standard InChI is InChI=1S/C12H14N4/c1-10(12-9-13-6-7-15-12)16-8-11-4-2-3-5-14-11/h2-7,9-10,16H,8H2,1H3. The minimum atomic E-state index is 0.177. The average molecular weight is 214 g/mol. The van der Waals surface area contributed by atoms with Gasteiger partial charge in [-0.05, 0) is 19.1 Å². The van der Waals surface area contributed by atoms with E-state index in [1.807, 2.05) is 18.2 Å². The Labute approximate surface area is 94.8 Å². The predicted molar refractivity (Wildman–Crippen MR) is 61.5 cm³/mol. The van der Waals surface area contributed by atoms with Crippen molar-refractivity contribution < 1.29 is 0 Å². The highest BCUT2D eigenvalue weighted by Crippen LogP contribution is 2.07. The second kappa shape index (κ2) is 5.32. The predicted octanol–water partition coefficient (Wildman–Crippen LogP) is 1.72. The van der Waals surface area contributed by atoms with Crippen molar-refractivity contribution in [3.63, 3.8) is 0 Å². The van der Waals surface area contributed by atoms with Gasteiger partial charge in [0.2, 0.25) is 0 Å². The van der Waals surface area contributed by atoms with Crippen LogP contribution in [0.4, 0.5) is 0 Å². The second-order valence-electron chi connectivity index (χ2n) is 3.55. The van der Waals surface area contributed by atoms with Crippen LogP contribution in [0.2, 0.25) is 0 Å². The Bertz CT molecular complexity index is 416. The van der Waals surface area contributed by atoms with Gasteiger partial charge in [0.25, 0.3) is 0 Å². The van der Waals surface area contributed by atoms with Gasteiger partial charge >= 0.3 is 0 Å². The topological polar surface area (TPSA) is 50.7 Å². The maximum atomic E-state index is 4.25.